The summed E-state index contributed by atoms with van der Waals surface area (Å²) in [6, 6.07) is -0.859. The number of nitrogens with one attached hydrogen (secondary N) is 2. The highest BCUT2D eigenvalue weighted by molar-refractivity contribution is 5.82. The van der Waals surface area contributed by atoms with E-state index in [1.165, 1.54) is 6.42 Å². The molecule has 0 radical (unpaired) electrons. The van der Waals surface area contributed by atoms with Gasteiger partial charge in [-0.2, -0.15) is 0 Å². The van der Waals surface area contributed by atoms with Gasteiger partial charge in [0, 0.05) is 6.04 Å². The Balaban J connectivity index is 1.82. The van der Waals surface area contributed by atoms with Gasteiger partial charge in [-0.15, -0.1) is 0 Å². The van der Waals surface area contributed by atoms with Crippen LogP contribution in [0.4, 0.5) is 4.79 Å². The van der Waals surface area contributed by atoms with Crippen molar-refractivity contribution >= 4 is 12.0 Å². The number of amides is 2. The summed E-state index contributed by atoms with van der Waals surface area (Å²) in [5.74, 6) is -0.0946. The van der Waals surface area contributed by atoms with Gasteiger partial charge >= 0.3 is 12.0 Å². The second-order valence-corrected chi connectivity index (χ2v) is 6.79. The van der Waals surface area contributed by atoms with Crippen LogP contribution in [0.5, 0.6) is 0 Å². The third-order valence-corrected chi connectivity index (χ3v) is 5.02. The molecule has 2 aliphatic rings. The number of carbonyl (C=O) groups is 2. The lowest BCUT2D eigenvalue weighted by Crippen LogP contribution is -2.52. The zero-order valence-corrected chi connectivity index (χ0v) is 12.9. The molecule has 0 saturated heterocycles. The highest BCUT2D eigenvalue weighted by atomic mass is 16.4. The molecule has 2 aliphatic carbocycles. The van der Waals surface area contributed by atoms with Gasteiger partial charge in [0.05, 0.1) is 0 Å². The molecular weight excluding hydrogens is 268 g/mol. The summed E-state index contributed by atoms with van der Waals surface area (Å²) in [6.07, 6.45) is 9.37. The SMILES string of the molecule is CC1CCC(NC(=O)NC(C(=O)O)C2CCCCC2)CC1. The Hall–Kier alpha value is -1.26. The molecule has 0 aromatic carbocycles. The fourth-order valence-electron chi connectivity index (χ4n) is 3.62. The molecule has 0 bridgehead atoms. The second-order valence-electron chi connectivity index (χ2n) is 6.79. The van der Waals surface area contributed by atoms with Crippen molar-refractivity contribution in [2.24, 2.45) is 11.8 Å². The average Bonchev–Trinajstić information content (AvgIpc) is 2.48. The van der Waals surface area contributed by atoms with Crippen molar-refractivity contribution in [1.29, 1.82) is 0 Å². The minimum atomic E-state index is -0.908. The van der Waals surface area contributed by atoms with Crippen LogP contribution in [0.25, 0.3) is 0 Å². The number of hydrogen-bond acceptors (Lipinski definition) is 2. The lowest BCUT2D eigenvalue weighted by Gasteiger charge is -2.30. The molecule has 0 aromatic rings. The maximum absolute atomic E-state index is 12.1. The van der Waals surface area contributed by atoms with Gasteiger partial charge in [0.2, 0.25) is 0 Å². The van der Waals surface area contributed by atoms with Crippen LogP contribution in [0.1, 0.15) is 64.7 Å². The Morgan fingerprint density at radius 2 is 1.62 bits per heavy atom. The number of carboxylic acids is 1. The molecule has 120 valence electrons. The van der Waals surface area contributed by atoms with E-state index < -0.39 is 12.0 Å². The monoisotopic (exact) mass is 296 g/mol. The summed E-state index contributed by atoms with van der Waals surface area (Å²) in [5.41, 5.74) is 0. The third-order valence-electron chi connectivity index (χ3n) is 5.02. The fraction of sp³-hybridized carbons (Fsp3) is 0.875. The average molecular weight is 296 g/mol. The van der Waals surface area contributed by atoms with E-state index in [9.17, 15) is 14.7 Å². The van der Waals surface area contributed by atoms with Crippen LogP contribution in [-0.4, -0.2) is 29.2 Å². The number of carboxylic acid groups (broad SMARTS) is 1. The van der Waals surface area contributed by atoms with Gasteiger partial charge in [-0.05, 0) is 50.4 Å². The number of aliphatic carboxylic acids is 1. The maximum atomic E-state index is 12.1. The summed E-state index contributed by atoms with van der Waals surface area (Å²) >= 11 is 0. The molecule has 0 aromatic heterocycles. The van der Waals surface area contributed by atoms with Gasteiger partial charge in [0.15, 0.2) is 0 Å². The smallest absolute Gasteiger partial charge is 0.326 e. The minimum Gasteiger partial charge on any atom is -0.480 e. The van der Waals surface area contributed by atoms with E-state index in [2.05, 4.69) is 17.6 Å². The number of hydrogen-bond donors (Lipinski definition) is 3. The van der Waals surface area contributed by atoms with E-state index >= 15 is 0 Å². The van der Waals surface area contributed by atoms with Crippen molar-refractivity contribution in [1.82, 2.24) is 10.6 Å². The number of urea groups is 1. The Labute approximate surface area is 126 Å². The highest BCUT2D eigenvalue weighted by Crippen LogP contribution is 2.27. The summed E-state index contributed by atoms with van der Waals surface area (Å²) < 4.78 is 0. The van der Waals surface area contributed by atoms with E-state index in [1.54, 1.807) is 0 Å². The third kappa shape index (κ3) is 4.90. The molecule has 5 heteroatoms. The molecule has 0 spiro atoms. The molecule has 21 heavy (non-hydrogen) atoms. The first-order valence-corrected chi connectivity index (χ1v) is 8.36. The van der Waals surface area contributed by atoms with Gasteiger partial charge in [-0.25, -0.2) is 9.59 Å². The van der Waals surface area contributed by atoms with E-state index in [0.717, 1.165) is 57.3 Å². The van der Waals surface area contributed by atoms with E-state index in [4.69, 9.17) is 0 Å². The van der Waals surface area contributed by atoms with Gasteiger partial charge in [-0.1, -0.05) is 26.2 Å². The topological polar surface area (TPSA) is 78.4 Å². The Morgan fingerprint density at radius 3 is 2.19 bits per heavy atom. The predicted molar refractivity (Wildman–Crippen MR) is 81.1 cm³/mol. The molecule has 2 saturated carbocycles. The second kappa shape index (κ2) is 7.66. The summed E-state index contributed by atoms with van der Waals surface area (Å²) in [4.78, 5) is 23.5. The maximum Gasteiger partial charge on any atom is 0.326 e. The first kappa shape index (κ1) is 16.1. The molecule has 3 N–H and O–H groups in total. The summed E-state index contributed by atoms with van der Waals surface area (Å²) in [5, 5.41) is 15.0. The largest absolute Gasteiger partial charge is 0.480 e. The summed E-state index contributed by atoms with van der Waals surface area (Å²) in [6.45, 7) is 2.24. The predicted octanol–water partition coefficient (Wildman–Crippen LogP) is 2.90. The standard InChI is InChI=1S/C16H28N2O3/c1-11-7-9-13(10-8-11)17-16(21)18-14(15(19)20)12-5-3-2-4-6-12/h11-14H,2-10H2,1H3,(H,19,20)(H2,17,18,21). The fourth-order valence-corrected chi connectivity index (χ4v) is 3.62. The van der Waals surface area contributed by atoms with Crippen LogP contribution >= 0.6 is 0 Å². The van der Waals surface area contributed by atoms with Crippen molar-refractivity contribution < 1.29 is 14.7 Å². The molecule has 0 heterocycles. The molecule has 2 rings (SSSR count). The minimum absolute atomic E-state index is 0.0772. The molecule has 5 nitrogen and oxygen atoms in total. The summed E-state index contributed by atoms with van der Waals surface area (Å²) in [7, 11) is 0. The molecule has 0 aliphatic heterocycles. The van der Waals surface area contributed by atoms with E-state index in [-0.39, 0.29) is 18.0 Å². The first-order valence-electron chi connectivity index (χ1n) is 8.36. The van der Waals surface area contributed by atoms with Crippen LogP contribution < -0.4 is 10.6 Å². The number of carbonyl (C=O) groups excluding carboxylic acids is 1. The molecule has 2 fully saturated rings. The Bertz CT molecular complexity index is 359. The van der Waals surface area contributed by atoms with E-state index in [1.807, 2.05) is 0 Å². The zero-order valence-electron chi connectivity index (χ0n) is 12.9. The zero-order chi connectivity index (χ0) is 15.2. The van der Waals surface area contributed by atoms with Crippen LogP contribution in [0.2, 0.25) is 0 Å². The van der Waals surface area contributed by atoms with Crippen molar-refractivity contribution in [2.75, 3.05) is 0 Å². The van der Waals surface area contributed by atoms with Crippen LogP contribution in [0, 0.1) is 11.8 Å². The normalized spacial score (nSPS) is 28.6. The molecular formula is C16H28N2O3. The van der Waals surface area contributed by atoms with Gasteiger partial charge in [0.25, 0.3) is 0 Å². The van der Waals surface area contributed by atoms with Crippen LogP contribution in [-0.2, 0) is 4.79 Å². The van der Waals surface area contributed by atoms with Gasteiger partial charge < -0.3 is 15.7 Å². The molecule has 1 unspecified atom stereocenters. The molecule has 1 atom stereocenters. The molecule has 2 amide bonds. The van der Waals surface area contributed by atoms with Gasteiger partial charge in [0.1, 0.15) is 6.04 Å². The van der Waals surface area contributed by atoms with Crippen molar-refractivity contribution in [3.63, 3.8) is 0 Å². The van der Waals surface area contributed by atoms with Crippen molar-refractivity contribution in [2.45, 2.75) is 76.8 Å². The van der Waals surface area contributed by atoms with Crippen LogP contribution in [0.15, 0.2) is 0 Å². The van der Waals surface area contributed by atoms with Crippen molar-refractivity contribution in [3.8, 4) is 0 Å². The lowest BCUT2D eigenvalue weighted by atomic mass is 9.84. The van der Waals surface area contributed by atoms with Crippen molar-refractivity contribution in [3.05, 3.63) is 0 Å². The number of rotatable bonds is 4. The van der Waals surface area contributed by atoms with Gasteiger partial charge in [-0.3, -0.25) is 0 Å². The lowest BCUT2D eigenvalue weighted by molar-refractivity contribution is -0.141. The highest BCUT2D eigenvalue weighted by Gasteiger charge is 2.31. The quantitative estimate of drug-likeness (QED) is 0.746. The first-order chi connectivity index (χ1) is 10.1. The Kier molecular flexibility index (Phi) is 5.88. The van der Waals surface area contributed by atoms with Crippen LogP contribution in [0.3, 0.4) is 0 Å². The van der Waals surface area contributed by atoms with E-state index in [0.29, 0.717) is 0 Å². The Morgan fingerprint density at radius 1 is 1.00 bits per heavy atom.